The van der Waals surface area contributed by atoms with Gasteiger partial charge in [0, 0.05) is 23.7 Å². The number of pyridine rings is 2. The number of hydrogen-bond donors (Lipinski definition) is 2. The Bertz CT molecular complexity index is 1640. The van der Waals surface area contributed by atoms with Crippen molar-refractivity contribution >= 4 is 47.9 Å². The molecule has 0 radical (unpaired) electrons. The Kier molecular flexibility index (Phi) is 9.14. The predicted molar refractivity (Wildman–Crippen MR) is 151 cm³/mol. The van der Waals surface area contributed by atoms with E-state index in [1.165, 1.54) is 25.6 Å². The maximum atomic E-state index is 15.7. The Morgan fingerprint density at radius 1 is 1.24 bits per heavy atom. The number of ether oxygens (including phenoxy) is 1. The van der Waals surface area contributed by atoms with Gasteiger partial charge in [0.25, 0.3) is 10.0 Å². The number of allylic oxidation sites excluding steroid dienone is 3. The van der Waals surface area contributed by atoms with Gasteiger partial charge in [0.05, 0.1) is 34.1 Å². The van der Waals surface area contributed by atoms with Crippen LogP contribution in [0.25, 0.3) is 22.9 Å². The predicted octanol–water partition coefficient (Wildman–Crippen LogP) is 6.94. The van der Waals surface area contributed by atoms with Crippen molar-refractivity contribution < 1.29 is 21.9 Å². The Balaban J connectivity index is 2.16. The molecule has 0 spiro atoms. The molecule has 1 aromatic carbocycles. The Morgan fingerprint density at radius 2 is 1.95 bits per heavy atom. The average Bonchev–Trinajstić information content (AvgIpc) is 2.89. The third kappa shape index (κ3) is 5.83. The first-order valence-corrected chi connectivity index (χ1v) is 13.5. The second-order valence-electron chi connectivity index (χ2n) is 7.98. The summed E-state index contributed by atoms with van der Waals surface area (Å²) in [5.41, 5.74) is 1.64. The fraction of sp³-hybridized carbons (Fsp3) is 0.154. The molecule has 2 heterocycles. The van der Waals surface area contributed by atoms with Crippen LogP contribution < -0.4 is 14.8 Å². The van der Waals surface area contributed by atoms with E-state index >= 15 is 8.78 Å². The van der Waals surface area contributed by atoms with E-state index in [-0.39, 0.29) is 16.5 Å². The van der Waals surface area contributed by atoms with Crippen LogP contribution in [0.2, 0.25) is 5.02 Å². The normalized spacial score (nSPS) is 12.3. The molecule has 0 amide bonds. The molecule has 12 heteroatoms. The van der Waals surface area contributed by atoms with Crippen LogP contribution in [-0.4, -0.2) is 25.1 Å². The number of halogens is 3. The Labute approximate surface area is 227 Å². The topological polar surface area (TPSA) is 85.3 Å². The summed E-state index contributed by atoms with van der Waals surface area (Å²) in [4.78, 5) is 3.42. The van der Waals surface area contributed by atoms with Crippen LogP contribution >= 0.6 is 20.5 Å². The molecule has 0 aliphatic rings. The van der Waals surface area contributed by atoms with Gasteiger partial charge in [-0.3, -0.25) is 4.72 Å². The standard InChI is InChI=1S/C26H26ClF2N4O3PS/c1-6-12-30-16(4)15(3)21-11-8-18(26(37)33(21)7-2)23-19(28)9-10-20(24(23)29)32-38(34,35)22-13-17(27)14-31-25(22)36-5/h6-14,30,32,37H,2H2,1,3-5H3/b12-6-,16-15-. The Morgan fingerprint density at radius 3 is 2.58 bits per heavy atom. The van der Waals surface area contributed by atoms with Gasteiger partial charge in [0.1, 0.15) is 5.82 Å². The zero-order chi connectivity index (χ0) is 28.2. The second kappa shape index (κ2) is 11.9. The molecular weight excluding hydrogens is 553 g/mol. The van der Waals surface area contributed by atoms with Gasteiger partial charge in [0.15, 0.2) is 10.7 Å². The third-order valence-corrected chi connectivity index (χ3v) is 7.71. The molecule has 0 unspecified atom stereocenters. The number of hydrogen-bond acceptors (Lipinski definition) is 5. The van der Waals surface area contributed by atoms with Gasteiger partial charge in [-0.05, 0) is 62.9 Å². The van der Waals surface area contributed by atoms with Crippen LogP contribution in [0, 0.1) is 16.7 Å². The van der Waals surface area contributed by atoms with Crippen LogP contribution in [0.15, 0.2) is 66.0 Å². The summed E-state index contributed by atoms with van der Waals surface area (Å²) >= 11 is 5.91. The molecule has 0 aliphatic carbocycles. The molecule has 3 rings (SSSR count). The molecule has 200 valence electrons. The van der Waals surface area contributed by atoms with Crippen molar-refractivity contribution in [2.75, 3.05) is 11.8 Å². The highest BCUT2D eigenvalue weighted by atomic mass is 35.5. The van der Waals surface area contributed by atoms with Crippen molar-refractivity contribution in [2.45, 2.75) is 25.7 Å². The van der Waals surface area contributed by atoms with Crippen LogP contribution in [-0.2, 0) is 10.0 Å². The van der Waals surface area contributed by atoms with Crippen molar-refractivity contribution in [1.82, 2.24) is 14.9 Å². The molecule has 3 aromatic rings. The fourth-order valence-corrected chi connectivity index (χ4v) is 5.46. The smallest absolute Gasteiger partial charge is 0.267 e. The van der Waals surface area contributed by atoms with E-state index in [1.807, 2.05) is 26.8 Å². The number of rotatable bonds is 9. The fourth-order valence-electron chi connectivity index (χ4n) is 3.61. The molecule has 0 aliphatic heterocycles. The molecule has 0 saturated carbocycles. The highest BCUT2D eigenvalue weighted by Gasteiger charge is 2.25. The molecule has 0 fully saturated rings. The summed E-state index contributed by atoms with van der Waals surface area (Å²) in [7, 11) is 0.330. The van der Waals surface area contributed by atoms with Crippen LogP contribution in [0.4, 0.5) is 14.5 Å². The van der Waals surface area contributed by atoms with E-state index in [0.717, 1.165) is 29.5 Å². The average molecular weight is 579 g/mol. The van der Waals surface area contributed by atoms with E-state index in [0.29, 0.717) is 10.8 Å². The lowest BCUT2D eigenvalue weighted by atomic mass is 10.0. The highest BCUT2D eigenvalue weighted by molar-refractivity contribution is 7.92. The summed E-state index contributed by atoms with van der Waals surface area (Å²) in [5, 5.41) is 3.48. The van der Waals surface area contributed by atoms with Crippen molar-refractivity contribution in [3.63, 3.8) is 0 Å². The minimum Gasteiger partial charge on any atom is -0.480 e. The molecule has 2 aromatic heterocycles. The van der Waals surface area contributed by atoms with E-state index < -0.39 is 37.8 Å². The third-order valence-electron chi connectivity index (χ3n) is 5.63. The van der Waals surface area contributed by atoms with Gasteiger partial charge in [-0.25, -0.2) is 22.2 Å². The van der Waals surface area contributed by atoms with E-state index in [1.54, 1.807) is 16.8 Å². The van der Waals surface area contributed by atoms with Crippen LogP contribution in [0.5, 0.6) is 5.88 Å². The highest BCUT2D eigenvalue weighted by Crippen LogP contribution is 2.35. The first kappa shape index (κ1) is 29.1. The summed E-state index contributed by atoms with van der Waals surface area (Å²) in [6.45, 7) is 9.49. The zero-order valence-corrected chi connectivity index (χ0v) is 23.6. The molecule has 0 bridgehead atoms. The van der Waals surface area contributed by atoms with E-state index in [2.05, 4.69) is 30.5 Å². The number of benzene rings is 1. The maximum absolute atomic E-state index is 15.7. The minimum atomic E-state index is -4.41. The van der Waals surface area contributed by atoms with Crippen molar-refractivity contribution in [1.29, 1.82) is 0 Å². The van der Waals surface area contributed by atoms with Gasteiger partial charge in [0.2, 0.25) is 5.88 Å². The Hall–Kier alpha value is -3.46. The molecule has 38 heavy (non-hydrogen) atoms. The molecular formula is C26H26ClF2N4O3PS. The number of nitrogens with zero attached hydrogens (tertiary/aromatic N) is 2. The molecule has 0 saturated heterocycles. The monoisotopic (exact) mass is 578 g/mol. The van der Waals surface area contributed by atoms with Crippen LogP contribution in [0.3, 0.4) is 0 Å². The lowest BCUT2D eigenvalue weighted by Crippen LogP contribution is -2.16. The van der Waals surface area contributed by atoms with E-state index in [4.69, 9.17) is 16.3 Å². The van der Waals surface area contributed by atoms with Gasteiger partial charge in [-0.15, -0.1) is 0 Å². The van der Waals surface area contributed by atoms with Gasteiger partial charge >= 0.3 is 0 Å². The summed E-state index contributed by atoms with van der Waals surface area (Å²) in [6.07, 6.45) is 6.34. The lowest BCUT2D eigenvalue weighted by Gasteiger charge is -2.18. The summed E-state index contributed by atoms with van der Waals surface area (Å²) < 4.78 is 65.7. The summed E-state index contributed by atoms with van der Waals surface area (Å²) in [5.74, 6) is -2.26. The van der Waals surface area contributed by atoms with Gasteiger partial charge < -0.3 is 14.6 Å². The molecule has 7 nitrogen and oxygen atoms in total. The van der Waals surface area contributed by atoms with Crippen LogP contribution in [0.1, 0.15) is 26.5 Å². The molecule has 0 atom stereocenters. The lowest BCUT2D eigenvalue weighted by molar-refractivity contribution is 0.385. The zero-order valence-electron chi connectivity index (χ0n) is 21.1. The second-order valence-corrected chi connectivity index (χ2v) is 10.5. The number of nitrogens with one attached hydrogen (secondary N) is 2. The number of methoxy groups -OCH3 is 1. The first-order valence-electron chi connectivity index (χ1n) is 11.2. The van der Waals surface area contributed by atoms with Crippen molar-refractivity contribution in [2.24, 2.45) is 0 Å². The maximum Gasteiger partial charge on any atom is 0.267 e. The largest absolute Gasteiger partial charge is 0.480 e. The number of sulfonamides is 1. The molecule has 2 N–H and O–H groups in total. The van der Waals surface area contributed by atoms with Gasteiger partial charge in [-0.2, -0.15) is 0 Å². The quantitative estimate of drug-likeness (QED) is 0.269. The summed E-state index contributed by atoms with van der Waals surface area (Å²) in [6, 6.07) is 6.30. The van der Waals surface area contributed by atoms with Gasteiger partial charge in [-0.1, -0.05) is 33.1 Å². The number of aromatic nitrogens is 2. The minimum absolute atomic E-state index is 0.0321. The van der Waals surface area contributed by atoms with Crippen molar-refractivity contribution in [3.8, 4) is 17.0 Å². The first-order chi connectivity index (χ1) is 18.0. The van der Waals surface area contributed by atoms with Crippen molar-refractivity contribution in [3.05, 3.63) is 88.5 Å². The van der Waals surface area contributed by atoms with E-state index in [9.17, 15) is 8.42 Å². The SMILES string of the molecule is C=Cn1c(/C(C)=C(/C)N/C=C\C)ccc(-c2c(F)ccc(NS(=O)(=O)c3cc(Cl)cnc3OC)c2F)c1=P. The number of anilines is 1.